The van der Waals surface area contributed by atoms with Crippen LogP contribution in [0.2, 0.25) is 0 Å². The molecular weight excluding hydrogens is 468 g/mol. The molecule has 1 aromatic carbocycles. The predicted octanol–water partition coefficient (Wildman–Crippen LogP) is 3.45. The summed E-state index contributed by atoms with van der Waals surface area (Å²) in [7, 11) is 0. The molecule has 1 saturated carbocycles. The first-order valence-electron chi connectivity index (χ1n) is 11.9. The average molecular weight is 494 g/mol. The van der Waals surface area contributed by atoms with E-state index in [1.54, 1.807) is 13.1 Å². The Bertz CT molecular complexity index is 1460. The van der Waals surface area contributed by atoms with Crippen LogP contribution >= 0.6 is 0 Å². The summed E-state index contributed by atoms with van der Waals surface area (Å²) in [6, 6.07) is 3.76. The fourth-order valence-corrected chi connectivity index (χ4v) is 4.42. The third-order valence-electron chi connectivity index (χ3n) is 6.73. The van der Waals surface area contributed by atoms with Crippen molar-refractivity contribution in [3.05, 3.63) is 59.2 Å². The van der Waals surface area contributed by atoms with E-state index in [0.29, 0.717) is 59.8 Å². The molecule has 3 aromatic heterocycles. The van der Waals surface area contributed by atoms with Crippen LogP contribution in [-0.2, 0) is 4.74 Å². The molecule has 0 amide bonds. The van der Waals surface area contributed by atoms with E-state index in [4.69, 9.17) is 4.74 Å². The number of morpholine rings is 1. The van der Waals surface area contributed by atoms with Crippen LogP contribution in [0.3, 0.4) is 0 Å². The number of nitrogens with zero attached hydrogens (tertiary/aromatic N) is 7. The first-order valence-corrected chi connectivity index (χ1v) is 11.9. The predicted molar refractivity (Wildman–Crippen MR) is 127 cm³/mol. The third-order valence-corrected chi connectivity index (χ3v) is 6.73. The van der Waals surface area contributed by atoms with Crippen molar-refractivity contribution >= 4 is 17.1 Å². The lowest BCUT2D eigenvalue weighted by Crippen LogP contribution is -2.46. The maximum Gasteiger partial charge on any atom is 0.228 e. The Kier molecular flexibility index (Phi) is 5.60. The molecule has 36 heavy (non-hydrogen) atoms. The molecule has 0 spiro atoms. The molecule has 1 aliphatic heterocycles. The SMILES string of the molecule is Cc1nc2nc(N3CCO[C@H]([C@H](O)c4cnn(C5CC5)c4)C3)nc(-c3ccc(F)cc3F)c2nc1C. The highest BCUT2D eigenvalue weighted by molar-refractivity contribution is 5.88. The smallest absolute Gasteiger partial charge is 0.228 e. The molecule has 1 N–H and O–H groups in total. The Morgan fingerprint density at radius 3 is 2.67 bits per heavy atom. The third kappa shape index (κ3) is 4.18. The number of rotatable bonds is 5. The number of aliphatic hydroxyl groups is 1. The van der Waals surface area contributed by atoms with Crippen molar-refractivity contribution in [3.63, 3.8) is 0 Å². The minimum atomic E-state index is -0.876. The van der Waals surface area contributed by atoms with Crippen LogP contribution in [0, 0.1) is 25.5 Å². The van der Waals surface area contributed by atoms with Crippen molar-refractivity contribution < 1.29 is 18.6 Å². The van der Waals surface area contributed by atoms with Crippen molar-refractivity contribution in [2.24, 2.45) is 0 Å². The van der Waals surface area contributed by atoms with Crippen LogP contribution in [0.25, 0.3) is 22.4 Å². The molecule has 1 saturated heterocycles. The van der Waals surface area contributed by atoms with E-state index in [1.165, 1.54) is 12.1 Å². The van der Waals surface area contributed by atoms with Gasteiger partial charge in [-0.15, -0.1) is 0 Å². The monoisotopic (exact) mass is 493 g/mol. The number of hydrogen-bond donors (Lipinski definition) is 1. The lowest BCUT2D eigenvalue weighted by Gasteiger charge is -2.35. The first-order chi connectivity index (χ1) is 17.4. The number of aryl methyl sites for hydroxylation is 2. The summed E-state index contributed by atoms with van der Waals surface area (Å²) in [5, 5.41) is 15.4. The number of halogens is 2. The summed E-state index contributed by atoms with van der Waals surface area (Å²) in [5.74, 6) is -1.11. The van der Waals surface area contributed by atoms with E-state index in [-0.39, 0.29) is 11.3 Å². The number of hydrogen-bond acceptors (Lipinski definition) is 8. The fourth-order valence-electron chi connectivity index (χ4n) is 4.42. The minimum Gasteiger partial charge on any atom is -0.385 e. The van der Waals surface area contributed by atoms with Gasteiger partial charge in [0, 0.05) is 29.9 Å². The van der Waals surface area contributed by atoms with Crippen LogP contribution in [0.15, 0.2) is 30.6 Å². The first kappa shape index (κ1) is 22.9. The molecule has 11 heteroatoms. The summed E-state index contributed by atoms with van der Waals surface area (Å²) in [5.41, 5.74) is 3.06. The summed E-state index contributed by atoms with van der Waals surface area (Å²) >= 11 is 0. The molecule has 0 unspecified atom stereocenters. The zero-order chi connectivity index (χ0) is 25.0. The number of ether oxygens (including phenoxy) is 1. The van der Waals surface area contributed by atoms with Gasteiger partial charge in [0.05, 0.1) is 36.8 Å². The molecule has 0 radical (unpaired) electrons. The lowest BCUT2D eigenvalue weighted by atomic mass is 10.1. The number of aliphatic hydroxyl groups excluding tert-OH is 1. The molecule has 2 aliphatic rings. The quantitative estimate of drug-likeness (QED) is 0.451. The maximum absolute atomic E-state index is 14.8. The van der Waals surface area contributed by atoms with Gasteiger partial charge < -0.3 is 14.7 Å². The van der Waals surface area contributed by atoms with Gasteiger partial charge in [-0.05, 0) is 38.8 Å². The van der Waals surface area contributed by atoms with Crippen LogP contribution in [0.1, 0.15) is 41.9 Å². The zero-order valence-corrected chi connectivity index (χ0v) is 19.9. The molecule has 4 aromatic rings. The minimum absolute atomic E-state index is 0.111. The van der Waals surface area contributed by atoms with Crippen LogP contribution in [-0.4, -0.2) is 60.6 Å². The van der Waals surface area contributed by atoms with Crippen LogP contribution < -0.4 is 4.90 Å². The molecule has 9 nitrogen and oxygen atoms in total. The topological polar surface area (TPSA) is 102 Å². The molecule has 6 rings (SSSR count). The second-order valence-corrected chi connectivity index (χ2v) is 9.35. The van der Waals surface area contributed by atoms with Crippen molar-refractivity contribution in [2.45, 2.75) is 44.9 Å². The molecule has 2 fully saturated rings. The Balaban J connectivity index is 1.37. The molecule has 0 bridgehead atoms. The van der Waals surface area contributed by atoms with Gasteiger partial charge in [0.25, 0.3) is 0 Å². The molecule has 1 aliphatic carbocycles. The van der Waals surface area contributed by atoms with Gasteiger partial charge in [0.2, 0.25) is 5.95 Å². The highest BCUT2D eigenvalue weighted by Crippen LogP contribution is 2.35. The number of benzene rings is 1. The Hall–Kier alpha value is -3.57. The van der Waals surface area contributed by atoms with Gasteiger partial charge in [-0.2, -0.15) is 10.1 Å². The largest absolute Gasteiger partial charge is 0.385 e. The van der Waals surface area contributed by atoms with Crippen molar-refractivity contribution in [1.82, 2.24) is 29.7 Å². The van der Waals surface area contributed by atoms with Crippen LogP contribution in [0.5, 0.6) is 0 Å². The summed E-state index contributed by atoms with van der Waals surface area (Å²) in [4.78, 5) is 20.3. The number of aromatic nitrogens is 6. The highest BCUT2D eigenvalue weighted by atomic mass is 19.1. The molecule has 4 heterocycles. The van der Waals surface area contributed by atoms with Gasteiger partial charge in [0.15, 0.2) is 5.65 Å². The van der Waals surface area contributed by atoms with Crippen molar-refractivity contribution in [2.75, 3.05) is 24.6 Å². The van der Waals surface area contributed by atoms with E-state index in [2.05, 4.69) is 25.0 Å². The van der Waals surface area contributed by atoms with Gasteiger partial charge in [0.1, 0.15) is 35.1 Å². The van der Waals surface area contributed by atoms with E-state index in [9.17, 15) is 13.9 Å². The summed E-state index contributed by atoms with van der Waals surface area (Å²) in [6.07, 6.45) is 4.33. The average Bonchev–Trinajstić information content (AvgIpc) is 3.60. The van der Waals surface area contributed by atoms with Crippen LogP contribution in [0.4, 0.5) is 14.7 Å². The second kappa shape index (κ2) is 8.82. The Labute approximate surface area is 205 Å². The van der Waals surface area contributed by atoms with E-state index in [0.717, 1.165) is 18.9 Å². The highest BCUT2D eigenvalue weighted by Gasteiger charge is 2.32. The van der Waals surface area contributed by atoms with Crippen molar-refractivity contribution in [1.29, 1.82) is 0 Å². The standard InChI is InChI=1S/C25H25F2N7O2/c1-13-14(2)30-24-22(29-13)21(18-6-3-16(26)9-19(18)27)31-25(32-24)33-7-8-36-20(12-33)23(35)15-10-28-34(11-15)17-4-5-17/h3,6,9-11,17,20,23,35H,4-5,7-8,12H2,1-2H3/t20-,23+/m0/s1. The van der Waals surface area contributed by atoms with Gasteiger partial charge in [-0.25, -0.2) is 23.7 Å². The van der Waals surface area contributed by atoms with E-state index in [1.807, 2.05) is 22.7 Å². The zero-order valence-electron chi connectivity index (χ0n) is 19.9. The molecular formula is C25H25F2N7O2. The molecule has 186 valence electrons. The van der Waals surface area contributed by atoms with Crippen molar-refractivity contribution in [3.8, 4) is 11.3 Å². The number of fused-ring (bicyclic) bond motifs is 1. The lowest BCUT2D eigenvalue weighted by molar-refractivity contribution is -0.0461. The molecule has 2 atom stereocenters. The van der Waals surface area contributed by atoms with Gasteiger partial charge in [-0.1, -0.05) is 0 Å². The van der Waals surface area contributed by atoms with Gasteiger partial charge >= 0.3 is 0 Å². The Morgan fingerprint density at radius 2 is 1.89 bits per heavy atom. The maximum atomic E-state index is 14.8. The summed E-state index contributed by atoms with van der Waals surface area (Å²) < 4.78 is 36.2. The van der Waals surface area contributed by atoms with Gasteiger partial charge in [-0.3, -0.25) is 4.68 Å². The van der Waals surface area contributed by atoms with E-state index >= 15 is 0 Å². The van der Waals surface area contributed by atoms with E-state index < -0.39 is 23.8 Å². The Morgan fingerprint density at radius 1 is 1.08 bits per heavy atom. The fraction of sp³-hybridized carbons (Fsp3) is 0.400. The second-order valence-electron chi connectivity index (χ2n) is 9.35. The number of anilines is 1. The normalized spacial score (nSPS) is 19.1. The summed E-state index contributed by atoms with van der Waals surface area (Å²) in [6.45, 7) is 4.76.